The Morgan fingerprint density at radius 1 is 1.42 bits per heavy atom. The summed E-state index contributed by atoms with van der Waals surface area (Å²) in [5, 5.41) is 7.19. The van der Waals surface area contributed by atoms with Gasteiger partial charge in [0.2, 0.25) is 5.91 Å². The van der Waals surface area contributed by atoms with Gasteiger partial charge in [-0.15, -0.1) is 0 Å². The van der Waals surface area contributed by atoms with Crippen molar-refractivity contribution in [2.45, 2.75) is 19.9 Å². The number of benzene rings is 1. The van der Waals surface area contributed by atoms with Gasteiger partial charge in [0.1, 0.15) is 5.69 Å². The highest BCUT2D eigenvalue weighted by Crippen LogP contribution is 2.28. The molecule has 1 N–H and O–H groups in total. The molecular formula is C14H13N3O2. The predicted molar refractivity (Wildman–Crippen MR) is 71.1 cm³/mol. The average Bonchev–Trinajstić information content (AvgIpc) is 2.98. The lowest BCUT2D eigenvalue weighted by molar-refractivity contribution is -0.115. The number of fused-ring (bicyclic) bond motifs is 1. The zero-order valence-corrected chi connectivity index (χ0v) is 10.5. The second kappa shape index (κ2) is 4.35. The third-order valence-electron chi connectivity index (χ3n) is 3.26. The van der Waals surface area contributed by atoms with Crippen LogP contribution in [0.5, 0.6) is 0 Å². The number of hydrogen-bond donors (Lipinski definition) is 1. The number of nitrogens with zero attached hydrogens (tertiary/aromatic N) is 2. The number of anilines is 1. The highest BCUT2D eigenvalue weighted by molar-refractivity contribution is 5.99. The summed E-state index contributed by atoms with van der Waals surface area (Å²) < 4.78 is 1.67. The highest BCUT2D eigenvalue weighted by atomic mass is 16.1. The van der Waals surface area contributed by atoms with Crippen molar-refractivity contribution in [1.82, 2.24) is 9.78 Å². The van der Waals surface area contributed by atoms with Gasteiger partial charge in [0.05, 0.1) is 12.1 Å². The largest absolute Gasteiger partial charge is 0.326 e. The normalized spacial score (nSPS) is 13.2. The summed E-state index contributed by atoms with van der Waals surface area (Å²) in [5.74, 6) is 0.0137. The molecule has 1 aliphatic rings. The van der Waals surface area contributed by atoms with Crippen molar-refractivity contribution >= 4 is 17.9 Å². The van der Waals surface area contributed by atoms with Crippen LogP contribution in [0.25, 0.3) is 11.3 Å². The quantitative estimate of drug-likeness (QED) is 0.852. The van der Waals surface area contributed by atoms with E-state index in [0.717, 1.165) is 28.8 Å². The topological polar surface area (TPSA) is 64.0 Å². The Kier molecular flexibility index (Phi) is 2.67. The van der Waals surface area contributed by atoms with E-state index < -0.39 is 0 Å². The summed E-state index contributed by atoms with van der Waals surface area (Å²) in [6.07, 6.45) is 1.21. The van der Waals surface area contributed by atoms with Crippen molar-refractivity contribution in [1.29, 1.82) is 0 Å². The van der Waals surface area contributed by atoms with Crippen LogP contribution in [0.1, 0.15) is 23.0 Å². The third-order valence-corrected chi connectivity index (χ3v) is 3.26. The molecule has 0 radical (unpaired) electrons. The van der Waals surface area contributed by atoms with Gasteiger partial charge in [0, 0.05) is 17.8 Å². The van der Waals surface area contributed by atoms with E-state index in [4.69, 9.17) is 0 Å². The summed E-state index contributed by atoms with van der Waals surface area (Å²) in [7, 11) is 0. The molecule has 1 aromatic heterocycles. The van der Waals surface area contributed by atoms with E-state index in [-0.39, 0.29) is 5.91 Å². The molecule has 0 fully saturated rings. The molecular weight excluding hydrogens is 242 g/mol. The lowest BCUT2D eigenvalue weighted by atomic mass is 10.1. The second-order valence-electron chi connectivity index (χ2n) is 4.48. The number of nitrogens with one attached hydrogen (secondary N) is 1. The molecule has 0 spiro atoms. The van der Waals surface area contributed by atoms with Gasteiger partial charge in [-0.3, -0.25) is 14.3 Å². The Morgan fingerprint density at radius 3 is 2.95 bits per heavy atom. The Hall–Kier alpha value is -2.43. The standard InChI is InChI=1S/C14H13N3O2/c1-2-17-11(8-18)7-13(16-17)9-3-4-12-10(5-9)6-14(19)15-12/h3-5,7-8H,2,6H2,1H3,(H,15,19). The molecule has 5 heteroatoms. The third kappa shape index (κ3) is 1.93. The Morgan fingerprint density at radius 2 is 2.26 bits per heavy atom. The summed E-state index contributed by atoms with van der Waals surface area (Å²) >= 11 is 0. The van der Waals surface area contributed by atoms with Crippen molar-refractivity contribution in [2.24, 2.45) is 0 Å². The Balaban J connectivity index is 2.03. The summed E-state index contributed by atoms with van der Waals surface area (Å²) in [4.78, 5) is 22.3. The minimum Gasteiger partial charge on any atom is -0.326 e. The minimum absolute atomic E-state index is 0.0137. The zero-order chi connectivity index (χ0) is 13.4. The van der Waals surface area contributed by atoms with E-state index in [1.165, 1.54) is 0 Å². The summed E-state index contributed by atoms with van der Waals surface area (Å²) in [6.45, 7) is 2.59. The van der Waals surface area contributed by atoms with Gasteiger partial charge in [0.25, 0.3) is 0 Å². The van der Waals surface area contributed by atoms with Crippen LogP contribution in [0.2, 0.25) is 0 Å². The summed E-state index contributed by atoms with van der Waals surface area (Å²) in [6, 6.07) is 7.50. The minimum atomic E-state index is 0.0137. The van der Waals surface area contributed by atoms with Gasteiger partial charge in [0.15, 0.2) is 6.29 Å². The molecule has 0 atom stereocenters. The summed E-state index contributed by atoms with van der Waals surface area (Å²) in [5.41, 5.74) is 4.07. The van der Waals surface area contributed by atoms with Crippen molar-refractivity contribution in [3.05, 3.63) is 35.5 Å². The molecule has 5 nitrogen and oxygen atoms in total. The second-order valence-corrected chi connectivity index (χ2v) is 4.48. The van der Waals surface area contributed by atoms with E-state index in [0.29, 0.717) is 18.7 Å². The molecule has 1 aromatic carbocycles. The molecule has 0 aliphatic carbocycles. The van der Waals surface area contributed by atoms with Crippen LogP contribution in [0, 0.1) is 0 Å². The van der Waals surface area contributed by atoms with E-state index in [1.54, 1.807) is 10.7 Å². The maximum Gasteiger partial charge on any atom is 0.228 e. The van der Waals surface area contributed by atoms with Crippen LogP contribution >= 0.6 is 0 Å². The SMILES string of the molecule is CCn1nc(-c2ccc3c(c2)CC(=O)N3)cc1C=O. The van der Waals surface area contributed by atoms with Crippen molar-refractivity contribution < 1.29 is 9.59 Å². The van der Waals surface area contributed by atoms with Crippen LogP contribution in [-0.4, -0.2) is 22.0 Å². The van der Waals surface area contributed by atoms with Crippen molar-refractivity contribution in [3.8, 4) is 11.3 Å². The van der Waals surface area contributed by atoms with Gasteiger partial charge >= 0.3 is 0 Å². The Bertz CT molecular complexity index is 673. The molecule has 96 valence electrons. The van der Waals surface area contributed by atoms with Gasteiger partial charge < -0.3 is 5.32 Å². The monoisotopic (exact) mass is 255 g/mol. The first-order valence-electron chi connectivity index (χ1n) is 6.17. The lowest BCUT2D eigenvalue weighted by Gasteiger charge is -2.01. The zero-order valence-electron chi connectivity index (χ0n) is 10.5. The number of rotatable bonds is 3. The average molecular weight is 255 g/mol. The first-order valence-corrected chi connectivity index (χ1v) is 6.17. The van der Waals surface area contributed by atoms with Crippen molar-refractivity contribution in [2.75, 3.05) is 5.32 Å². The maximum absolute atomic E-state index is 11.3. The van der Waals surface area contributed by atoms with Crippen LogP contribution in [0.15, 0.2) is 24.3 Å². The van der Waals surface area contributed by atoms with Crippen molar-refractivity contribution in [3.63, 3.8) is 0 Å². The first kappa shape index (κ1) is 11.6. The lowest BCUT2D eigenvalue weighted by Crippen LogP contribution is -2.03. The highest BCUT2D eigenvalue weighted by Gasteiger charge is 2.18. The molecule has 0 bridgehead atoms. The smallest absolute Gasteiger partial charge is 0.228 e. The molecule has 2 aromatic rings. The predicted octanol–water partition coefficient (Wildman–Crippen LogP) is 1.88. The van der Waals surface area contributed by atoms with E-state index in [2.05, 4.69) is 10.4 Å². The first-order chi connectivity index (χ1) is 9.21. The van der Waals surface area contributed by atoms with Crippen LogP contribution < -0.4 is 5.32 Å². The number of amides is 1. The van der Waals surface area contributed by atoms with E-state index >= 15 is 0 Å². The fourth-order valence-corrected chi connectivity index (χ4v) is 2.31. The van der Waals surface area contributed by atoms with Crippen LogP contribution in [0.3, 0.4) is 0 Å². The van der Waals surface area contributed by atoms with E-state index in [9.17, 15) is 9.59 Å². The number of hydrogen-bond acceptors (Lipinski definition) is 3. The molecule has 1 amide bonds. The van der Waals surface area contributed by atoms with E-state index in [1.807, 2.05) is 25.1 Å². The fraction of sp³-hybridized carbons (Fsp3) is 0.214. The fourth-order valence-electron chi connectivity index (χ4n) is 2.31. The number of aldehydes is 1. The van der Waals surface area contributed by atoms with Crippen LogP contribution in [0.4, 0.5) is 5.69 Å². The number of aromatic nitrogens is 2. The molecule has 0 unspecified atom stereocenters. The number of aryl methyl sites for hydroxylation is 1. The van der Waals surface area contributed by atoms with Gasteiger partial charge in [-0.1, -0.05) is 6.07 Å². The molecule has 0 saturated carbocycles. The molecule has 19 heavy (non-hydrogen) atoms. The van der Waals surface area contributed by atoms with Gasteiger partial charge in [-0.25, -0.2) is 0 Å². The molecule has 2 heterocycles. The number of carbonyl (C=O) groups excluding carboxylic acids is 2. The molecule has 3 rings (SSSR count). The maximum atomic E-state index is 11.3. The number of carbonyl (C=O) groups is 2. The van der Waals surface area contributed by atoms with Crippen LogP contribution in [-0.2, 0) is 17.8 Å². The van der Waals surface area contributed by atoms with Gasteiger partial charge in [-0.2, -0.15) is 5.10 Å². The molecule has 1 aliphatic heterocycles. The van der Waals surface area contributed by atoms with Gasteiger partial charge in [-0.05, 0) is 30.7 Å². The Labute approximate surface area is 110 Å². The molecule has 0 saturated heterocycles.